The predicted molar refractivity (Wildman–Crippen MR) is 105 cm³/mol. The maximum absolute atomic E-state index is 13.3. The number of halogens is 2. The van der Waals surface area contributed by atoms with Crippen LogP contribution in [0.4, 0.5) is 5.69 Å². The molecule has 0 saturated heterocycles. The largest absolute Gasteiger partial charge is 0.495 e. The van der Waals surface area contributed by atoms with E-state index in [9.17, 15) is 13.2 Å². The molecular weight excluding hydrogens is 413 g/mol. The molecule has 0 heterocycles. The lowest BCUT2D eigenvalue weighted by molar-refractivity contribution is -0.141. The molecule has 0 atom stereocenters. The zero-order valence-corrected chi connectivity index (χ0v) is 17.4. The summed E-state index contributed by atoms with van der Waals surface area (Å²) in [4.78, 5) is 11.8. The molecule has 0 aliphatic rings. The minimum absolute atomic E-state index is 0.0273. The Morgan fingerprint density at radius 2 is 1.85 bits per heavy atom. The summed E-state index contributed by atoms with van der Waals surface area (Å²) in [7, 11) is -2.81. The highest BCUT2D eigenvalue weighted by molar-refractivity contribution is 7.93. The Bertz CT molecular complexity index is 947. The molecule has 0 fully saturated rings. The van der Waals surface area contributed by atoms with Crippen LogP contribution in [0.2, 0.25) is 10.0 Å². The van der Waals surface area contributed by atoms with Gasteiger partial charge in [0.2, 0.25) is 0 Å². The van der Waals surface area contributed by atoms with Gasteiger partial charge in [-0.1, -0.05) is 35.3 Å². The molecule has 0 aliphatic heterocycles. The van der Waals surface area contributed by atoms with Crippen LogP contribution >= 0.6 is 23.2 Å². The van der Waals surface area contributed by atoms with Gasteiger partial charge in [0.15, 0.2) is 0 Å². The number of carbonyl (C=O) groups is 1. The molecule has 0 aliphatic carbocycles. The van der Waals surface area contributed by atoms with Crippen LogP contribution in [0.3, 0.4) is 0 Å². The van der Waals surface area contributed by atoms with Gasteiger partial charge in [0.05, 0.1) is 24.4 Å². The van der Waals surface area contributed by atoms with E-state index >= 15 is 0 Å². The standard InChI is InChI=1S/C18H19Cl2NO5S/c1-4-26-16(22)11-21(13-7-5-6-12(2)10-13)27(23,24)15-9-8-14(25-3)17(19)18(15)20/h5-10H,4,11H2,1-3H3. The minimum atomic E-state index is -4.20. The molecule has 0 unspecified atom stereocenters. The second-order valence-corrected chi connectivity index (χ2v) is 8.14. The normalized spacial score (nSPS) is 11.1. The number of anilines is 1. The van der Waals surface area contributed by atoms with E-state index in [2.05, 4.69) is 0 Å². The van der Waals surface area contributed by atoms with Gasteiger partial charge in [-0.05, 0) is 43.7 Å². The molecule has 2 rings (SSSR count). The highest BCUT2D eigenvalue weighted by Crippen LogP contribution is 2.38. The lowest BCUT2D eigenvalue weighted by Crippen LogP contribution is -2.36. The van der Waals surface area contributed by atoms with E-state index in [1.165, 1.54) is 19.2 Å². The van der Waals surface area contributed by atoms with E-state index in [0.29, 0.717) is 5.69 Å². The van der Waals surface area contributed by atoms with Crippen LogP contribution < -0.4 is 9.04 Å². The summed E-state index contributed by atoms with van der Waals surface area (Å²) in [6.07, 6.45) is 0. The zero-order chi connectivity index (χ0) is 20.2. The van der Waals surface area contributed by atoms with Gasteiger partial charge in [-0.3, -0.25) is 9.10 Å². The number of methoxy groups -OCH3 is 1. The van der Waals surface area contributed by atoms with Gasteiger partial charge in [0.1, 0.15) is 22.2 Å². The number of aryl methyl sites for hydroxylation is 1. The first kappa shape index (κ1) is 21.3. The van der Waals surface area contributed by atoms with Crippen LogP contribution in [0.25, 0.3) is 0 Å². The molecule has 0 saturated carbocycles. The van der Waals surface area contributed by atoms with Crippen LogP contribution in [0, 0.1) is 6.92 Å². The summed E-state index contributed by atoms with van der Waals surface area (Å²) < 4.78 is 37.5. The Balaban J connectivity index is 2.60. The van der Waals surface area contributed by atoms with Crippen molar-refractivity contribution in [2.24, 2.45) is 0 Å². The van der Waals surface area contributed by atoms with E-state index in [4.69, 9.17) is 32.7 Å². The molecular formula is C18H19Cl2NO5S. The Hall–Kier alpha value is -1.96. The molecule has 6 nitrogen and oxygen atoms in total. The first-order valence-corrected chi connectivity index (χ1v) is 10.2. The molecule has 0 spiro atoms. The second kappa shape index (κ2) is 8.82. The average molecular weight is 432 g/mol. The minimum Gasteiger partial charge on any atom is -0.495 e. The highest BCUT2D eigenvalue weighted by atomic mass is 35.5. The van der Waals surface area contributed by atoms with E-state index in [1.807, 2.05) is 13.0 Å². The number of hydrogen-bond acceptors (Lipinski definition) is 5. The van der Waals surface area contributed by atoms with Crippen LogP contribution in [-0.2, 0) is 19.6 Å². The van der Waals surface area contributed by atoms with Crippen LogP contribution in [0.1, 0.15) is 12.5 Å². The van der Waals surface area contributed by atoms with Crippen molar-refractivity contribution < 1.29 is 22.7 Å². The van der Waals surface area contributed by atoms with Crippen molar-refractivity contribution in [2.75, 3.05) is 24.6 Å². The van der Waals surface area contributed by atoms with Gasteiger partial charge in [-0.15, -0.1) is 0 Å². The average Bonchev–Trinajstić information content (AvgIpc) is 2.61. The number of hydrogen-bond donors (Lipinski definition) is 0. The van der Waals surface area contributed by atoms with Gasteiger partial charge in [0, 0.05) is 0 Å². The maximum Gasteiger partial charge on any atom is 0.326 e. The van der Waals surface area contributed by atoms with Crippen molar-refractivity contribution in [3.8, 4) is 5.75 Å². The number of rotatable bonds is 7. The third-order valence-corrected chi connectivity index (χ3v) is 6.46. The molecule has 0 bridgehead atoms. The summed E-state index contributed by atoms with van der Waals surface area (Å²) in [6.45, 7) is 3.09. The molecule has 2 aromatic carbocycles. The van der Waals surface area contributed by atoms with Gasteiger partial charge in [-0.25, -0.2) is 8.42 Å². The number of ether oxygens (including phenoxy) is 2. The number of sulfonamides is 1. The number of carbonyl (C=O) groups excluding carboxylic acids is 1. The third kappa shape index (κ3) is 4.66. The van der Waals surface area contributed by atoms with Crippen molar-refractivity contribution in [1.29, 1.82) is 0 Å². The van der Waals surface area contributed by atoms with Crippen molar-refractivity contribution in [3.63, 3.8) is 0 Å². The number of benzene rings is 2. The van der Waals surface area contributed by atoms with Crippen LogP contribution in [0.15, 0.2) is 41.3 Å². The topological polar surface area (TPSA) is 72.9 Å². The zero-order valence-electron chi connectivity index (χ0n) is 15.0. The molecule has 0 amide bonds. The highest BCUT2D eigenvalue weighted by Gasteiger charge is 2.31. The summed E-state index contributed by atoms with van der Waals surface area (Å²) in [5.41, 5.74) is 1.14. The van der Waals surface area contributed by atoms with Gasteiger partial charge < -0.3 is 9.47 Å². The fourth-order valence-corrected chi connectivity index (χ4v) is 4.63. The SMILES string of the molecule is CCOC(=O)CN(c1cccc(C)c1)S(=O)(=O)c1ccc(OC)c(Cl)c1Cl. The van der Waals surface area contributed by atoms with Gasteiger partial charge in [0.25, 0.3) is 10.0 Å². The van der Waals surface area contributed by atoms with E-state index in [-0.39, 0.29) is 27.3 Å². The fourth-order valence-electron chi connectivity index (χ4n) is 2.41. The molecule has 146 valence electrons. The monoisotopic (exact) mass is 431 g/mol. The van der Waals surface area contributed by atoms with E-state index in [1.54, 1.807) is 25.1 Å². The first-order chi connectivity index (χ1) is 12.7. The van der Waals surface area contributed by atoms with Crippen molar-refractivity contribution in [3.05, 3.63) is 52.0 Å². The molecule has 2 aromatic rings. The summed E-state index contributed by atoms with van der Waals surface area (Å²) in [5.74, 6) is -0.438. The van der Waals surface area contributed by atoms with Crippen LogP contribution in [0.5, 0.6) is 5.75 Å². The number of esters is 1. The lowest BCUT2D eigenvalue weighted by Gasteiger charge is -2.24. The summed E-state index contributed by atoms with van der Waals surface area (Å²) in [6, 6.07) is 9.44. The molecule has 9 heteroatoms. The van der Waals surface area contributed by atoms with Crippen molar-refractivity contribution >= 4 is 44.9 Å². The maximum atomic E-state index is 13.3. The fraction of sp³-hybridized carbons (Fsp3) is 0.278. The molecule has 0 N–H and O–H groups in total. The number of nitrogens with zero attached hydrogens (tertiary/aromatic N) is 1. The molecule has 0 aromatic heterocycles. The van der Waals surface area contributed by atoms with Crippen LogP contribution in [-0.4, -0.2) is 34.6 Å². The smallest absolute Gasteiger partial charge is 0.326 e. The third-order valence-electron chi connectivity index (χ3n) is 3.67. The summed E-state index contributed by atoms with van der Waals surface area (Å²) >= 11 is 12.3. The second-order valence-electron chi connectivity index (χ2n) is 5.55. The first-order valence-electron chi connectivity index (χ1n) is 7.99. The van der Waals surface area contributed by atoms with Gasteiger partial charge >= 0.3 is 5.97 Å². The Kier molecular flexibility index (Phi) is 6.97. The van der Waals surface area contributed by atoms with Gasteiger partial charge in [-0.2, -0.15) is 0 Å². The Morgan fingerprint density at radius 3 is 2.44 bits per heavy atom. The molecule has 27 heavy (non-hydrogen) atoms. The summed E-state index contributed by atoms with van der Waals surface area (Å²) in [5, 5.41) is -0.210. The molecule has 0 radical (unpaired) electrons. The van der Waals surface area contributed by atoms with E-state index < -0.39 is 22.5 Å². The Morgan fingerprint density at radius 1 is 1.15 bits per heavy atom. The lowest BCUT2D eigenvalue weighted by atomic mass is 10.2. The van der Waals surface area contributed by atoms with Crippen molar-refractivity contribution in [1.82, 2.24) is 0 Å². The predicted octanol–water partition coefficient (Wildman–Crippen LogP) is 4.07. The quantitative estimate of drug-likeness (QED) is 0.617. The van der Waals surface area contributed by atoms with Crippen molar-refractivity contribution in [2.45, 2.75) is 18.7 Å². The van der Waals surface area contributed by atoms with E-state index in [0.717, 1.165) is 9.87 Å². The Labute approximate surface area is 168 Å².